The molecule has 0 saturated carbocycles. The average molecular weight is 442 g/mol. The number of aromatic nitrogens is 3. The molecule has 10 heteroatoms. The SMILES string of the molecule is COc1cc(C=NNc2nnc(-c3ccccc3)c(-c3ccccc3)n2)cc([N+](=O)[O-])c1O. The van der Waals surface area contributed by atoms with Gasteiger partial charge in [0.05, 0.1) is 18.2 Å². The lowest BCUT2D eigenvalue weighted by atomic mass is 10.0. The summed E-state index contributed by atoms with van der Waals surface area (Å²) in [6.45, 7) is 0. The second kappa shape index (κ2) is 9.52. The van der Waals surface area contributed by atoms with Gasteiger partial charge >= 0.3 is 5.69 Å². The molecule has 0 unspecified atom stereocenters. The summed E-state index contributed by atoms with van der Waals surface area (Å²) in [7, 11) is 1.30. The number of hydrazone groups is 1. The van der Waals surface area contributed by atoms with E-state index in [4.69, 9.17) is 4.74 Å². The lowest BCUT2D eigenvalue weighted by Crippen LogP contribution is -2.03. The Morgan fingerprint density at radius 1 is 1.00 bits per heavy atom. The maximum Gasteiger partial charge on any atom is 0.315 e. The predicted molar refractivity (Wildman–Crippen MR) is 123 cm³/mol. The fraction of sp³-hybridized carbons (Fsp3) is 0.0435. The summed E-state index contributed by atoms with van der Waals surface area (Å²) in [5.74, 6) is -0.448. The molecule has 0 aliphatic heterocycles. The number of hydrogen-bond donors (Lipinski definition) is 2. The van der Waals surface area contributed by atoms with Gasteiger partial charge in [0, 0.05) is 22.8 Å². The van der Waals surface area contributed by atoms with E-state index in [1.54, 1.807) is 0 Å². The number of nitrogens with zero attached hydrogens (tertiary/aromatic N) is 5. The van der Waals surface area contributed by atoms with E-state index in [0.29, 0.717) is 17.0 Å². The minimum absolute atomic E-state index is 0.0397. The number of nitro benzene ring substituents is 1. The van der Waals surface area contributed by atoms with Gasteiger partial charge < -0.3 is 9.84 Å². The number of aromatic hydroxyl groups is 1. The fourth-order valence-electron chi connectivity index (χ4n) is 3.11. The van der Waals surface area contributed by atoms with Crippen LogP contribution in [0.25, 0.3) is 22.5 Å². The van der Waals surface area contributed by atoms with Crippen LogP contribution in [0.15, 0.2) is 77.9 Å². The molecule has 2 N–H and O–H groups in total. The lowest BCUT2D eigenvalue weighted by Gasteiger charge is -2.09. The largest absolute Gasteiger partial charge is 0.500 e. The molecule has 0 radical (unpaired) electrons. The van der Waals surface area contributed by atoms with Crippen LogP contribution < -0.4 is 10.2 Å². The first kappa shape index (κ1) is 21.4. The van der Waals surface area contributed by atoms with Crippen LogP contribution in [0.4, 0.5) is 11.6 Å². The first-order valence-corrected chi connectivity index (χ1v) is 9.77. The first-order chi connectivity index (χ1) is 16.1. The van der Waals surface area contributed by atoms with Crippen LogP contribution >= 0.6 is 0 Å². The number of phenolic OH excluding ortho intramolecular Hbond substituents is 1. The maximum absolute atomic E-state index is 11.2. The zero-order valence-corrected chi connectivity index (χ0v) is 17.4. The Labute approximate surface area is 188 Å². The van der Waals surface area contributed by atoms with Crippen LogP contribution in [0.2, 0.25) is 0 Å². The minimum Gasteiger partial charge on any atom is -0.500 e. The molecule has 0 atom stereocenters. The number of ether oxygens (including phenoxy) is 1. The second-order valence-electron chi connectivity index (χ2n) is 6.78. The molecule has 0 bridgehead atoms. The standard InChI is InChI=1S/C23H18N6O4/c1-33-19-13-15(12-18(22(19)30)29(31)32)14-24-27-23-25-20(16-8-4-2-5-9-16)21(26-28-23)17-10-6-3-7-11-17/h2-14,30H,1H3,(H,25,27,28). The van der Waals surface area contributed by atoms with E-state index in [1.165, 1.54) is 25.5 Å². The molecule has 164 valence electrons. The molecule has 0 spiro atoms. The van der Waals surface area contributed by atoms with Crippen molar-refractivity contribution in [1.29, 1.82) is 0 Å². The molecule has 0 aliphatic carbocycles. The Kier molecular flexibility index (Phi) is 6.17. The van der Waals surface area contributed by atoms with Crippen LogP contribution in [0.3, 0.4) is 0 Å². The van der Waals surface area contributed by atoms with E-state index < -0.39 is 16.4 Å². The normalized spacial score (nSPS) is 10.8. The van der Waals surface area contributed by atoms with E-state index >= 15 is 0 Å². The summed E-state index contributed by atoms with van der Waals surface area (Å²) in [5, 5.41) is 33.5. The Morgan fingerprint density at radius 2 is 1.64 bits per heavy atom. The Hall–Kier alpha value is -4.86. The number of rotatable bonds is 7. The van der Waals surface area contributed by atoms with Crippen molar-refractivity contribution in [1.82, 2.24) is 15.2 Å². The Bertz CT molecular complexity index is 1310. The van der Waals surface area contributed by atoms with Crippen LogP contribution in [-0.2, 0) is 0 Å². The van der Waals surface area contributed by atoms with Crippen molar-refractivity contribution >= 4 is 17.9 Å². The molecular weight excluding hydrogens is 424 g/mol. The van der Waals surface area contributed by atoms with Gasteiger partial charge in [0.2, 0.25) is 5.75 Å². The maximum atomic E-state index is 11.2. The number of nitrogens with one attached hydrogen (secondary N) is 1. The number of benzene rings is 3. The van der Waals surface area contributed by atoms with Crippen molar-refractivity contribution in [3.63, 3.8) is 0 Å². The Morgan fingerprint density at radius 3 is 2.24 bits per heavy atom. The predicted octanol–water partition coefficient (Wildman–Crippen LogP) is 4.27. The molecule has 33 heavy (non-hydrogen) atoms. The van der Waals surface area contributed by atoms with E-state index in [2.05, 4.69) is 25.7 Å². The average Bonchev–Trinajstić information content (AvgIpc) is 2.85. The highest BCUT2D eigenvalue weighted by atomic mass is 16.6. The van der Waals surface area contributed by atoms with E-state index in [0.717, 1.165) is 11.1 Å². The molecule has 0 amide bonds. The lowest BCUT2D eigenvalue weighted by molar-refractivity contribution is -0.386. The van der Waals surface area contributed by atoms with Crippen LogP contribution in [0.1, 0.15) is 5.56 Å². The monoisotopic (exact) mass is 442 g/mol. The van der Waals surface area contributed by atoms with Crippen molar-refractivity contribution in [2.75, 3.05) is 12.5 Å². The molecule has 10 nitrogen and oxygen atoms in total. The molecule has 0 fully saturated rings. The minimum atomic E-state index is -0.704. The van der Waals surface area contributed by atoms with Gasteiger partial charge in [-0.05, 0) is 6.07 Å². The number of anilines is 1. The highest BCUT2D eigenvalue weighted by molar-refractivity contribution is 5.83. The van der Waals surface area contributed by atoms with Crippen molar-refractivity contribution < 1.29 is 14.8 Å². The quantitative estimate of drug-likeness (QED) is 0.246. The highest BCUT2D eigenvalue weighted by Crippen LogP contribution is 2.36. The molecule has 4 rings (SSSR count). The van der Waals surface area contributed by atoms with Crippen LogP contribution in [0, 0.1) is 10.1 Å². The van der Waals surface area contributed by atoms with E-state index in [1.807, 2.05) is 60.7 Å². The molecule has 4 aromatic rings. The molecule has 1 aromatic heterocycles. The molecule has 3 aromatic carbocycles. The van der Waals surface area contributed by atoms with Gasteiger partial charge in [-0.1, -0.05) is 60.7 Å². The number of nitro groups is 1. The third-order valence-corrected chi connectivity index (χ3v) is 4.65. The Balaban J connectivity index is 1.65. The second-order valence-corrected chi connectivity index (χ2v) is 6.78. The van der Waals surface area contributed by atoms with Gasteiger partial charge in [0.1, 0.15) is 11.4 Å². The number of methoxy groups -OCH3 is 1. The van der Waals surface area contributed by atoms with Crippen molar-refractivity contribution in [2.24, 2.45) is 5.10 Å². The molecule has 1 heterocycles. The first-order valence-electron chi connectivity index (χ1n) is 9.77. The van der Waals surface area contributed by atoms with Crippen molar-refractivity contribution in [3.8, 4) is 34.0 Å². The third-order valence-electron chi connectivity index (χ3n) is 4.65. The summed E-state index contributed by atoms with van der Waals surface area (Å²) < 4.78 is 4.99. The summed E-state index contributed by atoms with van der Waals surface area (Å²) >= 11 is 0. The van der Waals surface area contributed by atoms with Gasteiger partial charge in [0.15, 0.2) is 5.75 Å². The van der Waals surface area contributed by atoms with Crippen molar-refractivity contribution in [2.45, 2.75) is 0 Å². The summed E-state index contributed by atoms with van der Waals surface area (Å²) in [5.41, 5.74) is 5.51. The van der Waals surface area contributed by atoms with E-state index in [-0.39, 0.29) is 11.7 Å². The number of hydrogen-bond acceptors (Lipinski definition) is 9. The molecule has 0 aliphatic rings. The summed E-state index contributed by atoms with van der Waals surface area (Å²) in [6, 6.07) is 21.7. The summed E-state index contributed by atoms with van der Waals surface area (Å²) in [6.07, 6.45) is 1.33. The third kappa shape index (κ3) is 4.74. The van der Waals surface area contributed by atoms with Gasteiger partial charge in [-0.2, -0.15) is 5.10 Å². The van der Waals surface area contributed by atoms with E-state index in [9.17, 15) is 15.2 Å². The highest BCUT2D eigenvalue weighted by Gasteiger charge is 2.19. The van der Waals surface area contributed by atoms with Gasteiger partial charge in [-0.25, -0.2) is 10.4 Å². The zero-order valence-electron chi connectivity index (χ0n) is 17.4. The topological polar surface area (TPSA) is 136 Å². The number of phenols is 1. The molecule has 0 saturated heterocycles. The molecular formula is C23H18N6O4. The fourth-order valence-corrected chi connectivity index (χ4v) is 3.11. The van der Waals surface area contributed by atoms with Gasteiger partial charge in [-0.15, -0.1) is 10.2 Å². The van der Waals surface area contributed by atoms with Crippen LogP contribution in [0.5, 0.6) is 11.5 Å². The van der Waals surface area contributed by atoms with Crippen LogP contribution in [-0.4, -0.2) is 38.5 Å². The summed E-state index contributed by atoms with van der Waals surface area (Å²) in [4.78, 5) is 15.0. The smallest absolute Gasteiger partial charge is 0.315 e. The van der Waals surface area contributed by atoms with Gasteiger partial charge in [0.25, 0.3) is 5.95 Å². The zero-order chi connectivity index (χ0) is 23.2. The van der Waals surface area contributed by atoms with Gasteiger partial charge in [-0.3, -0.25) is 10.1 Å². The van der Waals surface area contributed by atoms with Crippen molar-refractivity contribution in [3.05, 3.63) is 88.5 Å².